The van der Waals surface area contributed by atoms with Crippen LogP contribution >= 0.6 is 0 Å². The van der Waals surface area contributed by atoms with E-state index in [0.29, 0.717) is 17.9 Å². The van der Waals surface area contributed by atoms with Crippen LogP contribution in [0.15, 0.2) is 48.8 Å². The number of hydrogen-bond acceptors (Lipinski definition) is 3. The average molecular weight is 242 g/mol. The Balaban J connectivity index is 2.07. The number of nitrogens with one attached hydrogen (secondary N) is 1. The van der Waals surface area contributed by atoms with Crippen LogP contribution in [-0.4, -0.2) is 16.1 Å². The number of anilines is 1. The van der Waals surface area contributed by atoms with E-state index in [9.17, 15) is 4.79 Å². The summed E-state index contributed by atoms with van der Waals surface area (Å²) in [6.45, 7) is 3.79. The highest BCUT2D eigenvalue weighted by Crippen LogP contribution is 2.17. The molecule has 1 aromatic carbocycles. The molecule has 0 saturated carbocycles. The van der Waals surface area contributed by atoms with Crippen molar-refractivity contribution in [1.82, 2.24) is 4.98 Å². The lowest BCUT2D eigenvalue weighted by atomic mass is 10.2. The molecule has 0 bridgehead atoms. The van der Waals surface area contributed by atoms with Gasteiger partial charge in [-0.3, -0.25) is 4.79 Å². The Morgan fingerprint density at radius 1 is 1.28 bits per heavy atom. The maximum absolute atomic E-state index is 10.4. The summed E-state index contributed by atoms with van der Waals surface area (Å²) in [5, 5.41) is 13.8. The SMILES string of the molecule is C=C(CCC(=O)O)Nc1cc2ccccc2cn1. The van der Waals surface area contributed by atoms with Crippen molar-refractivity contribution in [3.8, 4) is 0 Å². The lowest BCUT2D eigenvalue weighted by Crippen LogP contribution is -2.03. The van der Waals surface area contributed by atoms with E-state index in [1.807, 2.05) is 30.3 Å². The Bertz CT molecular complexity index is 593. The standard InChI is InChI=1S/C14H14N2O2/c1-10(6-7-14(17)18)16-13-8-11-4-2-3-5-12(11)9-15-13/h2-5,8-9H,1,6-7H2,(H,15,16)(H,17,18). The Morgan fingerprint density at radius 3 is 2.72 bits per heavy atom. The quantitative estimate of drug-likeness (QED) is 0.846. The molecule has 0 aliphatic heterocycles. The van der Waals surface area contributed by atoms with Gasteiger partial charge in [0.1, 0.15) is 5.82 Å². The van der Waals surface area contributed by atoms with Crippen LogP contribution < -0.4 is 5.32 Å². The Labute approximate surface area is 105 Å². The number of rotatable bonds is 5. The van der Waals surface area contributed by atoms with Gasteiger partial charge in [-0.05, 0) is 17.9 Å². The third-order valence-electron chi connectivity index (χ3n) is 2.58. The monoisotopic (exact) mass is 242 g/mol. The van der Waals surface area contributed by atoms with Crippen LogP contribution in [0.4, 0.5) is 5.82 Å². The molecule has 1 aromatic heterocycles. The van der Waals surface area contributed by atoms with Gasteiger partial charge < -0.3 is 10.4 Å². The van der Waals surface area contributed by atoms with Crippen LogP contribution in [0.5, 0.6) is 0 Å². The number of hydrogen-bond donors (Lipinski definition) is 2. The first-order valence-electron chi connectivity index (χ1n) is 5.66. The van der Waals surface area contributed by atoms with Crippen molar-refractivity contribution in [2.45, 2.75) is 12.8 Å². The van der Waals surface area contributed by atoms with E-state index in [0.717, 1.165) is 10.8 Å². The first-order chi connectivity index (χ1) is 8.65. The van der Waals surface area contributed by atoms with Crippen LogP contribution in [0, 0.1) is 0 Å². The summed E-state index contributed by atoms with van der Waals surface area (Å²) >= 11 is 0. The zero-order valence-electron chi connectivity index (χ0n) is 9.89. The molecule has 0 amide bonds. The number of aliphatic carboxylic acids is 1. The minimum absolute atomic E-state index is 0.0689. The van der Waals surface area contributed by atoms with Gasteiger partial charge in [0.2, 0.25) is 0 Å². The highest BCUT2D eigenvalue weighted by Gasteiger charge is 2.02. The molecule has 0 fully saturated rings. The molecule has 4 heteroatoms. The minimum atomic E-state index is -0.829. The molecule has 0 atom stereocenters. The van der Waals surface area contributed by atoms with Crippen molar-refractivity contribution in [2.24, 2.45) is 0 Å². The summed E-state index contributed by atoms with van der Waals surface area (Å²) in [7, 11) is 0. The van der Waals surface area contributed by atoms with Gasteiger partial charge in [-0.2, -0.15) is 0 Å². The summed E-state index contributed by atoms with van der Waals surface area (Å²) in [5.41, 5.74) is 0.653. The van der Waals surface area contributed by atoms with Crippen molar-refractivity contribution in [3.63, 3.8) is 0 Å². The number of carboxylic acid groups (broad SMARTS) is 1. The summed E-state index contributed by atoms with van der Waals surface area (Å²) in [6.07, 6.45) is 2.24. The second-order valence-electron chi connectivity index (χ2n) is 4.04. The lowest BCUT2D eigenvalue weighted by Gasteiger charge is -2.08. The van der Waals surface area contributed by atoms with Crippen molar-refractivity contribution < 1.29 is 9.90 Å². The Kier molecular flexibility index (Phi) is 3.57. The average Bonchev–Trinajstić information content (AvgIpc) is 2.36. The number of allylic oxidation sites excluding steroid dienone is 1. The zero-order chi connectivity index (χ0) is 13.0. The van der Waals surface area contributed by atoms with Gasteiger partial charge in [0.15, 0.2) is 0 Å². The van der Waals surface area contributed by atoms with Crippen LogP contribution in [0.25, 0.3) is 10.8 Å². The fourth-order valence-corrected chi connectivity index (χ4v) is 1.65. The molecule has 1 heterocycles. The number of fused-ring (bicyclic) bond motifs is 1. The van der Waals surface area contributed by atoms with E-state index < -0.39 is 5.97 Å². The molecule has 92 valence electrons. The molecule has 2 rings (SSSR count). The molecule has 0 aliphatic rings. The number of carboxylic acids is 1. The molecular formula is C14H14N2O2. The minimum Gasteiger partial charge on any atom is -0.481 e. The molecule has 0 unspecified atom stereocenters. The van der Waals surface area contributed by atoms with E-state index in [1.165, 1.54) is 0 Å². The summed E-state index contributed by atoms with van der Waals surface area (Å²) < 4.78 is 0. The molecule has 18 heavy (non-hydrogen) atoms. The molecule has 2 N–H and O–H groups in total. The van der Waals surface area contributed by atoms with Crippen molar-refractivity contribution >= 4 is 22.6 Å². The maximum Gasteiger partial charge on any atom is 0.303 e. The fourth-order valence-electron chi connectivity index (χ4n) is 1.65. The third kappa shape index (κ3) is 3.07. The van der Waals surface area contributed by atoms with Gasteiger partial charge in [0, 0.05) is 17.3 Å². The van der Waals surface area contributed by atoms with Gasteiger partial charge in [-0.1, -0.05) is 30.8 Å². The van der Waals surface area contributed by atoms with Crippen molar-refractivity contribution in [3.05, 3.63) is 48.8 Å². The van der Waals surface area contributed by atoms with Crippen LogP contribution in [0.1, 0.15) is 12.8 Å². The van der Waals surface area contributed by atoms with Crippen molar-refractivity contribution in [2.75, 3.05) is 5.32 Å². The fraction of sp³-hybridized carbons (Fsp3) is 0.143. The number of pyridine rings is 1. The van der Waals surface area contributed by atoms with Gasteiger partial charge in [-0.15, -0.1) is 0 Å². The summed E-state index contributed by atoms with van der Waals surface area (Å²) in [6, 6.07) is 9.84. The van der Waals surface area contributed by atoms with E-state index in [2.05, 4.69) is 16.9 Å². The van der Waals surface area contributed by atoms with E-state index in [1.54, 1.807) is 6.20 Å². The Morgan fingerprint density at radius 2 is 2.00 bits per heavy atom. The zero-order valence-corrected chi connectivity index (χ0v) is 9.89. The summed E-state index contributed by atoms with van der Waals surface area (Å²) in [4.78, 5) is 14.7. The second kappa shape index (κ2) is 5.31. The predicted molar refractivity (Wildman–Crippen MR) is 71.4 cm³/mol. The van der Waals surface area contributed by atoms with E-state index in [4.69, 9.17) is 5.11 Å². The van der Waals surface area contributed by atoms with Crippen LogP contribution in [0.3, 0.4) is 0 Å². The van der Waals surface area contributed by atoms with Crippen LogP contribution in [-0.2, 0) is 4.79 Å². The largest absolute Gasteiger partial charge is 0.481 e. The number of nitrogens with zero attached hydrogens (tertiary/aromatic N) is 1. The van der Waals surface area contributed by atoms with E-state index in [-0.39, 0.29) is 6.42 Å². The normalized spacial score (nSPS) is 10.2. The summed E-state index contributed by atoms with van der Waals surface area (Å²) in [5.74, 6) is -0.145. The molecule has 0 saturated heterocycles. The van der Waals surface area contributed by atoms with Gasteiger partial charge in [0.05, 0.1) is 6.42 Å². The molecular weight excluding hydrogens is 228 g/mol. The highest BCUT2D eigenvalue weighted by atomic mass is 16.4. The molecule has 0 spiro atoms. The topological polar surface area (TPSA) is 62.2 Å². The smallest absolute Gasteiger partial charge is 0.303 e. The maximum atomic E-state index is 10.4. The molecule has 0 aliphatic carbocycles. The molecule has 2 aromatic rings. The second-order valence-corrected chi connectivity index (χ2v) is 4.04. The van der Waals surface area contributed by atoms with E-state index >= 15 is 0 Å². The van der Waals surface area contributed by atoms with Gasteiger partial charge >= 0.3 is 5.97 Å². The predicted octanol–water partition coefficient (Wildman–Crippen LogP) is 3.03. The molecule has 0 radical (unpaired) electrons. The van der Waals surface area contributed by atoms with Crippen LogP contribution in [0.2, 0.25) is 0 Å². The molecule has 4 nitrogen and oxygen atoms in total. The van der Waals surface area contributed by atoms with Gasteiger partial charge in [0.25, 0.3) is 0 Å². The first kappa shape index (κ1) is 12.1. The number of benzene rings is 1. The first-order valence-corrected chi connectivity index (χ1v) is 5.66. The van der Waals surface area contributed by atoms with Gasteiger partial charge in [-0.25, -0.2) is 4.98 Å². The third-order valence-corrected chi connectivity index (χ3v) is 2.58. The number of aromatic nitrogens is 1. The lowest BCUT2D eigenvalue weighted by molar-refractivity contribution is -0.136. The highest BCUT2D eigenvalue weighted by molar-refractivity contribution is 5.83. The Hall–Kier alpha value is -2.36. The number of carbonyl (C=O) groups is 1. The van der Waals surface area contributed by atoms with Crippen molar-refractivity contribution in [1.29, 1.82) is 0 Å².